The summed E-state index contributed by atoms with van der Waals surface area (Å²) in [5.41, 5.74) is 1.09. The molecule has 0 radical (unpaired) electrons. The predicted octanol–water partition coefficient (Wildman–Crippen LogP) is 3.79. The molecule has 29 heavy (non-hydrogen) atoms. The zero-order valence-corrected chi connectivity index (χ0v) is 17.0. The fourth-order valence-electron chi connectivity index (χ4n) is 3.07. The Morgan fingerprint density at radius 2 is 2.03 bits per heavy atom. The van der Waals surface area contributed by atoms with E-state index in [2.05, 4.69) is 10.1 Å². The van der Waals surface area contributed by atoms with Crippen LogP contribution in [0.15, 0.2) is 35.0 Å². The minimum atomic E-state index is -2.97. The minimum Gasteiger partial charge on any atom is -0.433 e. The molecule has 0 unspecified atom stereocenters. The van der Waals surface area contributed by atoms with Crippen LogP contribution in [-0.2, 0) is 4.79 Å². The van der Waals surface area contributed by atoms with Crippen LogP contribution in [0.4, 0.5) is 14.5 Å². The quantitative estimate of drug-likeness (QED) is 0.738. The second-order valence-electron chi connectivity index (χ2n) is 6.51. The van der Waals surface area contributed by atoms with Crippen LogP contribution >= 0.6 is 22.9 Å². The average molecular weight is 444 g/mol. The number of nitrogens with one attached hydrogen (secondary N) is 1. The van der Waals surface area contributed by atoms with Crippen LogP contribution in [0.25, 0.3) is 0 Å². The number of hydrogen-bond acceptors (Lipinski definition) is 5. The summed E-state index contributed by atoms with van der Waals surface area (Å²) in [5, 5.41) is 6.40. The van der Waals surface area contributed by atoms with E-state index in [1.807, 2.05) is 26.6 Å². The van der Waals surface area contributed by atoms with Gasteiger partial charge in [0.2, 0.25) is 5.91 Å². The number of alkyl halides is 2. The second-order valence-corrected chi connectivity index (χ2v) is 7.69. The highest BCUT2D eigenvalue weighted by atomic mass is 35.5. The Hall–Kier alpha value is -2.23. The van der Waals surface area contributed by atoms with Crippen molar-refractivity contribution in [1.82, 2.24) is 9.80 Å². The first-order valence-electron chi connectivity index (χ1n) is 9.00. The molecular formula is C19H20ClF2N3O3S. The van der Waals surface area contributed by atoms with Crippen LogP contribution in [0.1, 0.15) is 16.8 Å². The molecule has 1 fully saturated rings. The van der Waals surface area contributed by atoms with Crippen LogP contribution in [-0.4, -0.2) is 60.9 Å². The maximum Gasteiger partial charge on any atom is 0.387 e. The molecule has 0 spiro atoms. The minimum absolute atomic E-state index is 0.0123. The zero-order valence-electron chi connectivity index (χ0n) is 15.4. The molecule has 6 nitrogen and oxygen atoms in total. The van der Waals surface area contributed by atoms with Crippen LogP contribution in [0.3, 0.4) is 0 Å². The molecule has 0 bridgehead atoms. The number of amides is 2. The van der Waals surface area contributed by atoms with Crippen molar-refractivity contribution >= 4 is 40.4 Å². The molecule has 0 saturated carbocycles. The molecule has 10 heteroatoms. The lowest BCUT2D eigenvalue weighted by molar-refractivity contribution is -0.117. The molecule has 1 saturated heterocycles. The van der Waals surface area contributed by atoms with E-state index in [-0.39, 0.29) is 29.1 Å². The first kappa shape index (κ1) is 21.5. The Balaban J connectivity index is 1.51. The van der Waals surface area contributed by atoms with Crippen molar-refractivity contribution in [2.24, 2.45) is 0 Å². The first-order chi connectivity index (χ1) is 13.9. The Bertz CT molecular complexity index is 851. The van der Waals surface area contributed by atoms with E-state index >= 15 is 0 Å². The van der Waals surface area contributed by atoms with E-state index < -0.39 is 6.61 Å². The Morgan fingerprint density at radius 3 is 2.72 bits per heavy atom. The number of hydrogen-bond donors (Lipinski definition) is 1. The van der Waals surface area contributed by atoms with Gasteiger partial charge in [-0.2, -0.15) is 20.1 Å². The van der Waals surface area contributed by atoms with Gasteiger partial charge in [-0.3, -0.25) is 14.5 Å². The van der Waals surface area contributed by atoms with Gasteiger partial charge in [0.15, 0.2) is 0 Å². The van der Waals surface area contributed by atoms with Crippen LogP contribution in [0, 0.1) is 0 Å². The molecular weight excluding hydrogens is 424 g/mol. The molecule has 0 atom stereocenters. The number of ether oxygens (including phenoxy) is 1. The second kappa shape index (κ2) is 10.00. The summed E-state index contributed by atoms with van der Waals surface area (Å²) in [4.78, 5) is 28.6. The van der Waals surface area contributed by atoms with E-state index in [1.54, 1.807) is 0 Å². The molecule has 1 aliphatic rings. The van der Waals surface area contributed by atoms with Gasteiger partial charge in [0.25, 0.3) is 5.91 Å². The summed E-state index contributed by atoms with van der Waals surface area (Å²) in [6.07, 6.45) is 0.772. The SMILES string of the molecule is O=C(CN1CCCN(C(=O)c2ccsc2)CC1)Nc1ccc(OC(F)F)c(Cl)c1. The highest BCUT2D eigenvalue weighted by molar-refractivity contribution is 7.08. The average Bonchev–Trinajstić information content (AvgIpc) is 3.10. The summed E-state index contributed by atoms with van der Waals surface area (Å²) in [7, 11) is 0. The van der Waals surface area contributed by atoms with Gasteiger partial charge in [0, 0.05) is 37.2 Å². The fraction of sp³-hybridized carbons (Fsp3) is 0.368. The summed E-state index contributed by atoms with van der Waals surface area (Å²) in [6, 6.07) is 5.90. The number of carbonyl (C=O) groups is 2. The molecule has 156 valence electrons. The van der Waals surface area contributed by atoms with Gasteiger partial charge in [-0.05, 0) is 36.1 Å². The summed E-state index contributed by atoms with van der Waals surface area (Å²) >= 11 is 7.39. The van der Waals surface area contributed by atoms with E-state index in [0.29, 0.717) is 37.4 Å². The van der Waals surface area contributed by atoms with E-state index in [4.69, 9.17) is 11.6 Å². The van der Waals surface area contributed by atoms with Crippen LogP contribution in [0.2, 0.25) is 5.02 Å². The molecule has 0 aliphatic carbocycles. The van der Waals surface area contributed by atoms with Crippen molar-refractivity contribution < 1.29 is 23.1 Å². The van der Waals surface area contributed by atoms with E-state index in [9.17, 15) is 18.4 Å². The topological polar surface area (TPSA) is 61.9 Å². The van der Waals surface area contributed by atoms with Gasteiger partial charge in [-0.15, -0.1) is 0 Å². The fourth-order valence-corrected chi connectivity index (χ4v) is 3.93. The third-order valence-corrected chi connectivity index (χ3v) is 5.42. The summed E-state index contributed by atoms with van der Waals surface area (Å²) in [6.45, 7) is -0.329. The molecule has 1 aliphatic heterocycles. The largest absolute Gasteiger partial charge is 0.433 e. The summed E-state index contributed by atoms with van der Waals surface area (Å²) < 4.78 is 28.8. The van der Waals surface area contributed by atoms with Gasteiger partial charge in [0.1, 0.15) is 5.75 Å². The monoisotopic (exact) mass is 443 g/mol. The number of nitrogens with zero attached hydrogens (tertiary/aromatic N) is 2. The third kappa shape index (κ3) is 6.12. The highest BCUT2D eigenvalue weighted by Crippen LogP contribution is 2.28. The number of thiophene rings is 1. The van der Waals surface area contributed by atoms with Crippen molar-refractivity contribution in [2.45, 2.75) is 13.0 Å². The predicted molar refractivity (Wildman–Crippen MR) is 108 cm³/mol. The van der Waals surface area contributed by atoms with Crippen molar-refractivity contribution in [2.75, 3.05) is 38.0 Å². The Morgan fingerprint density at radius 1 is 1.21 bits per heavy atom. The molecule has 3 rings (SSSR count). The zero-order chi connectivity index (χ0) is 20.8. The van der Waals surface area contributed by atoms with Gasteiger partial charge in [-0.1, -0.05) is 11.6 Å². The normalized spacial score (nSPS) is 15.2. The maximum absolute atomic E-state index is 12.5. The van der Waals surface area contributed by atoms with Gasteiger partial charge in [-0.25, -0.2) is 0 Å². The molecule has 2 aromatic rings. The highest BCUT2D eigenvalue weighted by Gasteiger charge is 2.21. The van der Waals surface area contributed by atoms with Gasteiger partial charge in [0.05, 0.1) is 17.1 Å². The number of halogens is 3. The lowest BCUT2D eigenvalue weighted by atomic mass is 10.3. The van der Waals surface area contributed by atoms with Crippen molar-refractivity contribution in [3.8, 4) is 5.75 Å². The van der Waals surface area contributed by atoms with Crippen LogP contribution < -0.4 is 10.1 Å². The molecule has 1 aromatic carbocycles. The van der Waals surface area contributed by atoms with Gasteiger partial charge < -0.3 is 15.0 Å². The van der Waals surface area contributed by atoms with Crippen molar-refractivity contribution in [1.29, 1.82) is 0 Å². The van der Waals surface area contributed by atoms with Crippen molar-refractivity contribution in [3.63, 3.8) is 0 Å². The first-order valence-corrected chi connectivity index (χ1v) is 10.3. The Kier molecular flexibility index (Phi) is 7.40. The van der Waals surface area contributed by atoms with E-state index in [0.717, 1.165) is 6.42 Å². The standard InChI is InChI=1S/C19H20ClF2N3O3S/c20-15-10-14(2-3-16(15)28-19(21)22)23-17(26)11-24-5-1-6-25(8-7-24)18(27)13-4-9-29-12-13/h2-4,9-10,12,19H,1,5-8,11H2,(H,23,26). The number of rotatable bonds is 6. The summed E-state index contributed by atoms with van der Waals surface area (Å²) in [5.74, 6) is -0.387. The maximum atomic E-state index is 12.5. The Labute approximate surface area is 176 Å². The molecule has 1 N–H and O–H groups in total. The van der Waals surface area contributed by atoms with Gasteiger partial charge >= 0.3 is 6.61 Å². The van der Waals surface area contributed by atoms with Crippen LogP contribution in [0.5, 0.6) is 5.75 Å². The number of benzene rings is 1. The van der Waals surface area contributed by atoms with Crippen molar-refractivity contribution in [3.05, 3.63) is 45.6 Å². The lowest BCUT2D eigenvalue weighted by Gasteiger charge is -2.21. The molecule has 1 aromatic heterocycles. The van der Waals surface area contributed by atoms with E-state index in [1.165, 1.54) is 29.5 Å². The third-order valence-electron chi connectivity index (χ3n) is 4.44. The lowest BCUT2D eigenvalue weighted by Crippen LogP contribution is -2.37. The smallest absolute Gasteiger partial charge is 0.387 e. The molecule has 2 amide bonds. The number of anilines is 1. The number of carbonyl (C=O) groups excluding carboxylic acids is 2. The molecule has 2 heterocycles.